The van der Waals surface area contributed by atoms with Gasteiger partial charge in [0, 0.05) is 0 Å². The van der Waals surface area contributed by atoms with Crippen molar-refractivity contribution in [2.75, 3.05) is 0 Å². The summed E-state index contributed by atoms with van der Waals surface area (Å²) in [5, 5.41) is -2.45. The first-order valence-electron chi connectivity index (χ1n) is 3.17. The van der Waals surface area contributed by atoms with Crippen molar-refractivity contribution in [2.45, 2.75) is 5.08 Å². The molecular formula is C7HBrF6. The molecule has 1 atom stereocenters. The van der Waals surface area contributed by atoms with Gasteiger partial charge in [-0.25, -0.2) is 26.3 Å². The van der Waals surface area contributed by atoms with Crippen molar-refractivity contribution in [2.24, 2.45) is 0 Å². The smallest absolute Gasteiger partial charge is 0.200 e. The molecule has 0 bridgehead atoms. The van der Waals surface area contributed by atoms with E-state index in [1.165, 1.54) is 0 Å². The minimum absolute atomic E-state index is 1.53. The van der Waals surface area contributed by atoms with Gasteiger partial charge >= 0.3 is 0 Å². The largest absolute Gasteiger partial charge is 0.229 e. The molecule has 0 amide bonds. The summed E-state index contributed by atoms with van der Waals surface area (Å²) in [7, 11) is 0. The highest BCUT2D eigenvalue weighted by Crippen LogP contribution is 2.32. The van der Waals surface area contributed by atoms with Crippen LogP contribution in [0.15, 0.2) is 0 Å². The molecule has 1 aromatic carbocycles. The lowest BCUT2D eigenvalue weighted by Gasteiger charge is -2.07. The predicted octanol–water partition coefficient (Wildman–Crippen LogP) is 3.75. The Labute approximate surface area is 82.7 Å². The van der Waals surface area contributed by atoms with Crippen LogP contribution in [-0.4, -0.2) is 0 Å². The summed E-state index contributed by atoms with van der Waals surface area (Å²) in [6.45, 7) is 0. The van der Waals surface area contributed by atoms with Crippen LogP contribution in [0.3, 0.4) is 0 Å². The minimum atomic E-state index is -2.45. The highest BCUT2D eigenvalue weighted by molar-refractivity contribution is 9.09. The highest BCUT2D eigenvalue weighted by Gasteiger charge is 2.29. The van der Waals surface area contributed by atoms with Gasteiger partial charge in [-0.15, -0.1) is 0 Å². The summed E-state index contributed by atoms with van der Waals surface area (Å²) in [6.07, 6.45) is 0. The van der Waals surface area contributed by atoms with Crippen LogP contribution in [0.25, 0.3) is 0 Å². The zero-order valence-electron chi connectivity index (χ0n) is 6.22. The van der Waals surface area contributed by atoms with Gasteiger partial charge in [-0.3, -0.25) is 0 Å². The molecule has 0 fully saturated rings. The molecule has 1 aromatic rings. The monoisotopic (exact) mass is 278 g/mol. The van der Waals surface area contributed by atoms with Crippen LogP contribution in [0.1, 0.15) is 10.6 Å². The average molecular weight is 279 g/mol. The van der Waals surface area contributed by atoms with Crippen LogP contribution in [0.4, 0.5) is 26.3 Å². The van der Waals surface area contributed by atoms with E-state index >= 15 is 0 Å². The molecule has 1 rings (SSSR count). The number of hydrogen-bond acceptors (Lipinski definition) is 0. The molecular weight excluding hydrogens is 278 g/mol. The van der Waals surface area contributed by atoms with Gasteiger partial charge in [0.2, 0.25) is 5.82 Å². The lowest BCUT2D eigenvalue weighted by Crippen LogP contribution is -2.06. The fourth-order valence-electron chi connectivity index (χ4n) is 0.813. The standard InChI is InChI=1S/C7HBrF6/c8-7(14)1-2(9)4(11)6(13)5(12)3(1)10/h7H. The van der Waals surface area contributed by atoms with Crippen molar-refractivity contribution in [1.29, 1.82) is 0 Å². The van der Waals surface area contributed by atoms with E-state index in [2.05, 4.69) is 15.9 Å². The SMILES string of the molecule is Fc1c(F)c(F)c(C(F)Br)c(F)c1F. The molecule has 0 aliphatic carbocycles. The van der Waals surface area contributed by atoms with Crippen molar-refractivity contribution in [1.82, 2.24) is 0 Å². The first kappa shape index (κ1) is 11.4. The van der Waals surface area contributed by atoms with Gasteiger partial charge in [-0.1, -0.05) is 0 Å². The molecule has 1 unspecified atom stereocenters. The van der Waals surface area contributed by atoms with Crippen LogP contribution in [-0.2, 0) is 0 Å². The third kappa shape index (κ3) is 1.60. The molecule has 7 heteroatoms. The summed E-state index contributed by atoms with van der Waals surface area (Å²) in [4.78, 5) is 0. The van der Waals surface area contributed by atoms with Gasteiger partial charge in [0.05, 0.1) is 5.56 Å². The number of rotatable bonds is 1. The van der Waals surface area contributed by atoms with Gasteiger partial charge in [-0.05, 0) is 15.9 Å². The summed E-state index contributed by atoms with van der Waals surface area (Å²) >= 11 is 2.07. The molecule has 0 spiro atoms. The van der Waals surface area contributed by atoms with E-state index in [-0.39, 0.29) is 0 Å². The summed E-state index contributed by atoms with van der Waals surface area (Å²) in [5.41, 5.74) is -1.53. The van der Waals surface area contributed by atoms with E-state index in [1.54, 1.807) is 0 Å². The van der Waals surface area contributed by atoms with Gasteiger partial charge < -0.3 is 0 Å². The lowest BCUT2D eigenvalue weighted by atomic mass is 10.2. The van der Waals surface area contributed by atoms with Crippen molar-refractivity contribution >= 4 is 15.9 Å². The maximum Gasteiger partial charge on any atom is 0.200 e. The Morgan fingerprint density at radius 2 is 1.00 bits per heavy atom. The van der Waals surface area contributed by atoms with Crippen LogP contribution in [0.5, 0.6) is 0 Å². The maximum absolute atomic E-state index is 12.7. The van der Waals surface area contributed by atoms with E-state index in [0.29, 0.717) is 0 Å². The molecule has 0 aliphatic rings. The molecule has 0 N–H and O–H groups in total. The molecule has 0 radical (unpaired) electrons. The first-order valence-corrected chi connectivity index (χ1v) is 4.09. The Hall–Kier alpha value is -0.720. The second kappa shape index (κ2) is 3.80. The van der Waals surface area contributed by atoms with Gasteiger partial charge in [0.25, 0.3) is 0 Å². The lowest BCUT2D eigenvalue weighted by molar-refractivity contribution is 0.350. The number of halogens is 7. The maximum atomic E-state index is 12.7. The van der Waals surface area contributed by atoms with Gasteiger partial charge in [-0.2, -0.15) is 0 Å². The minimum Gasteiger partial charge on any atom is -0.229 e. The van der Waals surface area contributed by atoms with Crippen molar-refractivity contribution in [3.8, 4) is 0 Å². The van der Waals surface area contributed by atoms with E-state index in [1.807, 2.05) is 0 Å². The van der Waals surface area contributed by atoms with Crippen LogP contribution in [0, 0.1) is 29.1 Å². The second-order valence-corrected chi connectivity index (χ2v) is 3.09. The fourth-order valence-corrected chi connectivity index (χ4v) is 1.22. The fraction of sp³-hybridized carbons (Fsp3) is 0.143. The first-order chi connectivity index (χ1) is 6.37. The Balaban J connectivity index is 3.60. The Bertz CT molecular complexity index is 346. The van der Waals surface area contributed by atoms with E-state index in [4.69, 9.17) is 0 Å². The summed E-state index contributed by atoms with van der Waals surface area (Å²) in [6, 6.07) is 0. The Morgan fingerprint density at radius 3 is 1.29 bits per heavy atom. The number of alkyl halides is 2. The molecule has 0 saturated carbocycles. The predicted molar refractivity (Wildman–Crippen MR) is 39.0 cm³/mol. The van der Waals surface area contributed by atoms with Crippen LogP contribution < -0.4 is 0 Å². The normalized spacial score (nSPS) is 13.1. The van der Waals surface area contributed by atoms with Crippen LogP contribution >= 0.6 is 15.9 Å². The van der Waals surface area contributed by atoms with Crippen molar-refractivity contribution in [3.63, 3.8) is 0 Å². The zero-order valence-corrected chi connectivity index (χ0v) is 7.81. The average Bonchev–Trinajstić information content (AvgIpc) is 2.11. The van der Waals surface area contributed by atoms with Gasteiger partial charge in [0.1, 0.15) is 0 Å². The van der Waals surface area contributed by atoms with Gasteiger partial charge in [0.15, 0.2) is 28.3 Å². The van der Waals surface area contributed by atoms with Crippen molar-refractivity contribution in [3.05, 3.63) is 34.6 Å². The van der Waals surface area contributed by atoms with E-state index in [9.17, 15) is 26.3 Å². The van der Waals surface area contributed by atoms with E-state index in [0.717, 1.165) is 0 Å². The molecule has 78 valence electrons. The molecule has 0 heterocycles. The van der Waals surface area contributed by atoms with E-state index < -0.39 is 39.7 Å². The number of hydrogen-bond donors (Lipinski definition) is 0. The second-order valence-electron chi connectivity index (χ2n) is 2.28. The Morgan fingerprint density at radius 1 is 0.714 bits per heavy atom. The molecule has 0 aliphatic heterocycles. The summed E-state index contributed by atoms with van der Waals surface area (Å²) in [5.74, 6) is -11.0. The number of benzene rings is 1. The highest BCUT2D eigenvalue weighted by atomic mass is 79.9. The third-order valence-corrected chi connectivity index (χ3v) is 1.92. The van der Waals surface area contributed by atoms with Crippen molar-refractivity contribution < 1.29 is 26.3 Å². The molecule has 0 aromatic heterocycles. The zero-order chi connectivity index (χ0) is 11.0. The Kier molecular flexibility index (Phi) is 3.08. The summed E-state index contributed by atoms with van der Waals surface area (Å²) < 4.78 is 75.0. The quantitative estimate of drug-likeness (QED) is 0.318. The third-order valence-electron chi connectivity index (χ3n) is 1.46. The van der Waals surface area contributed by atoms with Crippen LogP contribution in [0.2, 0.25) is 0 Å². The molecule has 0 saturated heterocycles. The molecule has 0 nitrogen and oxygen atoms in total. The molecule has 14 heavy (non-hydrogen) atoms. The topological polar surface area (TPSA) is 0 Å².